The Bertz CT molecular complexity index is 1390. The number of aromatic nitrogens is 6. The van der Waals surface area contributed by atoms with Crippen molar-refractivity contribution in [1.29, 1.82) is 0 Å². The normalized spacial score (nSPS) is 12.7. The van der Waals surface area contributed by atoms with E-state index in [9.17, 15) is 4.55 Å². The zero-order chi connectivity index (χ0) is 21.5. The number of hydrogen-bond acceptors (Lipinski definition) is 8. The maximum Gasteiger partial charge on any atom is 0.232 e. The number of ether oxygens (including phenoxy) is 1. The quantitative estimate of drug-likeness (QED) is 0.393. The Hall–Kier alpha value is -2.99. The highest BCUT2D eigenvalue weighted by atomic mass is 32.2. The number of anilines is 1. The molecule has 0 aliphatic carbocycles. The largest absolute Gasteiger partial charge is 0.611 e. The van der Waals surface area contributed by atoms with Gasteiger partial charge in [0.1, 0.15) is 16.3 Å². The fourth-order valence-electron chi connectivity index (χ4n) is 3.52. The summed E-state index contributed by atoms with van der Waals surface area (Å²) in [6.45, 7) is 0.392. The van der Waals surface area contributed by atoms with Gasteiger partial charge < -0.3 is 15.0 Å². The molecule has 5 aromatic rings. The monoisotopic (exact) mass is 453 g/mol. The average Bonchev–Trinajstić information content (AvgIpc) is 3.48. The van der Waals surface area contributed by atoms with Gasteiger partial charge in [-0.2, -0.15) is 5.10 Å². The molecule has 0 aliphatic rings. The van der Waals surface area contributed by atoms with Crippen LogP contribution in [-0.4, -0.2) is 53.2 Å². The Kier molecular flexibility index (Phi) is 5.10. The van der Waals surface area contributed by atoms with Crippen LogP contribution in [0, 0.1) is 0 Å². The summed E-state index contributed by atoms with van der Waals surface area (Å²) in [5, 5.41) is 5.10. The average molecular weight is 454 g/mol. The van der Waals surface area contributed by atoms with Gasteiger partial charge in [0.05, 0.1) is 36.1 Å². The van der Waals surface area contributed by atoms with E-state index in [-0.39, 0.29) is 0 Å². The minimum atomic E-state index is -1.27. The molecule has 0 fully saturated rings. The molecule has 5 aromatic heterocycles. The third kappa shape index (κ3) is 3.35. The van der Waals surface area contributed by atoms with Gasteiger partial charge in [0.2, 0.25) is 4.21 Å². The van der Waals surface area contributed by atoms with Gasteiger partial charge in [0.15, 0.2) is 5.65 Å². The topological polar surface area (TPSA) is 119 Å². The highest BCUT2D eigenvalue weighted by Gasteiger charge is 2.26. The van der Waals surface area contributed by atoms with Crippen LogP contribution in [0.25, 0.3) is 38.5 Å². The molecule has 1 atom stereocenters. The molecule has 5 heterocycles. The fraction of sp³-hybridized carbons (Fsp3) is 0.200. The molecule has 0 amide bonds. The van der Waals surface area contributed by atoms with Gasteiger partial charge >= 0.3 is 0 Å². The molecule has 0 saturated heterocycles. The van der Waals surface area contributed by atoms with Gasteiger partial charge in [-0.05, 0) is 12.1 Å². The first kappa shape index (κ1) is 19.9. The molecule has 0 spiro atoms. The zero-order valence-electron chi connectivity index (χ0n) is 16.8. The van der Waals surface area contributed by atoms with Crippen molar-refractivity contribution < 1.29 is 9.29 Å². The van der Waals surface area contributed by atoms with Gasteiger partial charge in [-0.25, -0.2) is 9.97 Å². The van der Waals surface area contributed by atoms with Crippen molar-refractivity contribution in [3.63, 3.8) is 0 Å². The van der Waals surface area contributed by atoms with E-state index in [2.05, 4.69) is 15.1 Å². The van der Waals surface area contributed by atoms with Crippen molar-refractivity contribution in [1.82, 2.24) is 29.1 Å². The molecule has 0 aromatic carbocycles. The second-order valence-electron chi connectivity index (χ2n) is 6.87. The summed E-state index contributed by atoms with van der Waals surface area (Å²) in [4.78, 5) is 14.1. The van der Waals surface area contributed by atoms with Gasteiger partial charge in [0, 0.05) is 54.9 Å². The van der Waals surface area contributed by atoms with Crippen LogP contribution in [0.15, 0.2) is 47.3 Å². The number of nitrogen functional groups attached to an aromatic ring is 1. The van der Waals surface area contributed by atoms with Crippen molar-refractivity contribution in [2.24, 2.45) is 7.05 Å². The molecule has 5 rings (SSSR count). The molecule has 158 valence electrons. The summed E-state index contributed by atoms with van der Waals surface area (Å²) in [6, 6.07) is 3.91. The number of methoxy groups -OCH3 is 1. The van der Waals surface area contributed by atoms with E-state index in [1.165, 1.54) is 11.3 Å². The summed E-state index contributed by atoms with van der Waals surface area (Å²) >= 11 is 0.0798. The molecule has 0 unspecified atom stereocenters. The standard InChI is InChI=1S/C20H19N7O2S2/c1-26-14(3-4-24-26)12-9-13(15-10-23-16-11-22-5-6-27(15)16)25-19-17(12)18(21)20(30-19)31(28)8-7-29-2/h3-6,9-11H,7-8,21H2,1-2H3/t31-/m1/s1. The van der Waals surface area contributed by atoms with Crippen LogP contribution in [0.1, 0.15) is 0 Å². The van der Waals surface area contributed by atoms with Crippen molar-refractivity contribution in [3.05, 3.63) is 43.1 Å². The molecule has 0 radical (unpaired) electrons. The van der Waals surface area contributed by atoms with Gasteiger partial charge in [-0.1, -0.05) is 11.3 Å². The zero-order valence-corrected chi connectivity index (χ0v) is 18.5. The minimum Gasteiger partial charge on any atom is -0.611 e. The van der Waals surface area contributed by atoms with Gasteiger partial charge in [-0.3, -0.25) is 14.1 Å². The van der Waals surface area contributed by atoms with Crippen LogP contribution in [0.5, 0.6) is 0 Å². The Morgan fingerprint density at radius 2 is 2.13 bits per heavy atom. The minimum absolute atomic E-state index is 0.377. The molecule has 9 nitrogen and oxygen atoms in total. The molecule has 2 N–H and O–H groups in total. The first-order valence-electron chi connectivity index (χ1n) is 9.44. The van der Waals surface area contributed by atoms with Crippen LogP contribution in [0.3, 0.4) is 0 Å². The molecule has 11 heteroatoms. The van der Waals surface area contributed by atoms with Crippen molar-refractivity contribution in [2.75, 3.05) is 25.2 Å². The number of nitrogens with zero attached hydrogens (tertiary/aromatic N) is 6. The first-order chi connectivity index (χ1) is 15.1. The SMILES string of the molecule is COCC[S@@+]([O-])c1sc2nc(-c3cnc4cnccn34)cc(-c3ccnn3C)c2c1N. The van der Waals surface area contributed by atoms with Gasteiger partial charge in [-0.15, -0.1) is 0 Å². The Morgan fingerprint density at radius 3 is 2.90 bits per heavy atom. The van der Waals surface area contributed by atoms with Crippen LogP contribution in [0.4, 0.5) is 5.69 Å². The Morgan fingerprint density at radius 1 is 1.26 bits per heavy atom. The van der Waals surface area contributed by atoms with Crippen molar-refractivity contribution >= 4 is 44.1 Å². The molecule has 0 bridgehead atoms. The maximum absolute atomic E-state index is 12.8. The second kappa shape index (κ2) is 7.93. The van der Waals surface area contributed by atoms with E-state index in [1.807, 2.05) is 29.8 Å². The molecule has 0 aliphatic heterocycles. The van der Waals surface area contributed by atoms with Crippen LogP contribution < -0.4 is 5.73 Å². The van der Waals surface area contributed by atoms with E-state index in [0.29, 0.717) is 22.3 Å². The highest BCUT2D eigenvalue weighted by molar-refractivity contribution is 7.93. The van der Waals surface area contributed by atoms with E-state index < -0.39 is 11.2 Å². The number of thiophene rings is 1. The third-order valence-corrected chi connectivity index (χ3v) is 7.89. The van der Waals surface area contributed by atoms with Gasteiger partial charge in [0.25, 0.3) is 0 Å². The smallest absolute Gasteiger partial charge is 0.232 e. The summed E-state index contributed by atoms with van der Waals surface area (Å²) in [5.41, 5.74) is 11.1. The lowest BCUT2D eigenvalue weighted by Gasteiger charge is -2.09. The van der Waals surface area contributed by atoms with Crippen LogP contribution in [-0.2, 0) is 23.0 Å². The number of hydrogen-bond donors (Lipinski definition) is 1. The Balaban J connectivity index is 1.76. The number of imidazole rings is 1. The lowest BCUT2D eigenvalue weighted by molar-refractivity contribution is 0.217. The first-order valence-corrected chi connectivity index (χ1v) is 11.6. The van der Waals surface area contributed by atoms with Crippen molar-refractivity contribution in [2.45, 2.75) is 4.21 Å². The highest BCUT2D eigenvalue weighted by Crippen LogP contribution is 2.43. The van der Waals surface area contributed by atoms with E-state index in [0.717, 1.165) is 38.5 Å². The van der Waals surface area contributed by atoms with E-state index in [1.54, 1.807) is 36.6 Å². The summed E-state index contributed by atoms with van der Waals surface area (Å²) in [7, 11) is 3.46. The number of fused-ring (bicyclic) bond motifs is 2. The Labute approximate surface area is 184 Å². The van der Waals surface area contributed by atoms with E-state index in [4.69, 9.17) is 15.5 Å². The summed E-state index contributed by atoms with van der Waals surface area (Å²) in [6.07, 6.45) is 8.76. The maximum atomic E-state index is 12.8. The van der Waals surface area contributed by atoms with Crippen LogP contribution in [0.2, 0.25) is 0 Å². The second-order valence-corrected chi connectivity index (χ2v) is 9.63. The lowest BCUT2D eigenvalue weighted by atomic mass is 10.1. The number of aryl methyl sites for hydroxylation is 1. The van der Waals surface area contributed by atoms with Crippen LogP contribution >= 0.6 is 11.3 Å². The predicted molar refractivity (Wildman–Crippen MR) is 121 cm³/mol. The molecule has 31 heavy (non-hydrogen) atoms. The number of pyridine rings is 1. The summed E-state index contributed by atoms with van der Waals surface area (Å²) < 4.78 is 22.3. The molecular weight excluding hydrogens is 434 g/mol. The number of rotatable bonds is 6. The third-order valence-electron chi connectivity index (χ3n) is 5.02. The fourth-order valence-corrected chi connectivity index (χ4v) is 6.09. The predicted octanol–water partition coefficient (Wildman–Crippen LogP) is 2.74. The van der Waals surface area contributed by atoms with E-state index >= 15 is 0 Å². The molecule has 0 saturated carbocycles. The summed E-state index contributed by atoms with van der Waals surface area (Å²) in [5.74, 6) is 0.377. The lowest BCUT2D eigenvalue weighted by Crippen LogP contribution is -2.11. The van der Waals surface area contributed by atoms with Crippen molar-refractivity contribution in [3.8, 4) is 22.6 Å². The molecular formula is C20H19N7O2S2. The number of nitrogens with two attached hydrogens (primary N) is 1.